The summed E-state index contributed by atoms with van der Waals surface area (Å²) < 4.78 is 17.5. The maximum atomic E-state index is 12.9. The number of nitrogens with one attached hydrogen (secondary N) is 1. The number of carbonyl (C=O) groups is 1. The van der Waals surface area contributed by atoms with Crippen LogP contribution in [0.2, 0.25) is 5.02 Å². The number of hydrogen-bond acceptors (Lipinski definition) is 4. The summed E-state index contributed by atoms with van der Waals surface area (Å²) in [6.45, 7) is 0.410. The first-order chi connectivity index (χ1) is 9.60. The molecule has 2 rings (SSSR count). The lowest BCUT2D eigenvalue weighted by atomic mass is 10.2. The molecule has 0 saturated carbocycles. The van der Waals surface area contributed by atoms with Gasteiger partial charge in [-0.15, -0.1) is 0 Å². The fourth-order valence-electron chi connectivity index (χ4n) is 1.59. The lowest BCUT2D eigenvalue weighted by Crippen LogP contribution is -2.05. The van der Waals surface area contributed by atoms with Gasteiger partial charge in [-0.2, -0.15) is 0 Å². The second-order valence-electron chi connectivity index (χ2n) is 4.01. The molecule has 2 aromatic rings. The number of halogens is 2. The number of pyridine rings is 1. The van der Waals surface area contributed by atoms with Crippen LogP contribution in [0, 0.1) is 5.82 Å². The van der Waals surface area contributed by atoms with Crippen molar-refractivity contribution >= 4 is 23.3 Å². The minimum absolute atomic E-state index is 0.302. The predicted octanol–water partition coefficient (Wildman–Crippen LogP) is 3.27. The van der Waals surface area contributed by atoms with Crippen LogP contribution in [0.3, 0.4) is 0 Å². The molecule has 0 atom stereocenters. The van der Waals surface area contributed by atoms with E-state index in [9.17, 15) is 9.18 Å². The van der Waals surface area contributed by atoms with Gasteiger partial charge in [-0.05, 0) is 30.3 Å². The first-order valence-corrected chi connectivity index (χ1v) is 6.20. The summed E-state index contributed by atoms with van der Waals surface area (Å²) in [5.74, 6) is -0.820. The summed E-state index contributed by atoms with van der Waals surface area (Å²) in [5, 5.41) is 3.34. The van der Waals surface area contributed by atoms with Gasteiger partial charge in [-0.25, -0.2) is 9.18 Å². The van der Waals surface area contributed by atoms with Gasteiger partial charge in [0.15, 0.2) is 0 Å². The molecule has 0 amide bonds. The third-order valence-electron chi connectivity index (χ3n) is 2.64. The number of hydrogen-bond donors (Lipinski definition) is 1. The SMILES string of the molecule is COC(=O)c1ccc(CNc2ccc(F)cc2Cl)nc1. The van der Waals surface area contributed by atoms with Crippen molar-refractivity contribution in [3.8, 4) is 0 Å². The van der Waals surface area contributed by atoms with Crippen LogP contribution < -0.4 is 5.32 Å². The Kier molecular flexibility index (Phi) is 4.53. The summed E-state index contributed by atoms with van der Waals surface area (Å²) in [6, 6.07) is 7.44. The molecule has 104 valence electrons. The molecule has 1 heterocycles. The van der Waals surface area contributed by atoms with E-state index in [0.717, 1.165) is 5.69 Å². The molecule has 0 unspecified atom stereocenters. The van der Waals surface area contributed by atoms with E-state index in [1.165, 1.54) is 25.4 Å². The van der Waals surface area contributed by atoms with E-state index in [0.29, 0.717) is 22.8 Å². The average Bonchev–Trinajstić information content (AvgIpc) is 2.46. The Morgan fingerprint density at radius 1 is 1.40 bits per heavy atom. The second-order valence-corrected chi connectivity index (χ2v) is 4.41. The molecule has 6 heteroatoms. The lowest BCUT2D eigenvalue weighted by Gasteiger charge is -2.08. The highest BCUT2D eigenvalue weighted by molar-refractivity contribution is 6.33. The van der Waals surface area contributed by atoms with Crippen LogP contribution >= 0.6 is 11.6 Å². The van der Waals surface area contributed by atoms with Crippen molar-refractivity contribution in [2.24, 2.45) is 0 Å². The molecule has 20 heavy (non-hydrogen) atoms. The number of methoxy groups -OCH3 is 1. The van der Waals surface area contributed by atoms with Gasteiger partial charge in [-0.1, -0.05) is 11.6 Å². The molecule has 1 aromatic carbocycles. The van der Waals surface area contributed by atoms with Crippen LogP contribution in [0.1, 0.15) is 16.1 Å². The molecule has 0 aliphatic heterocycles. The molecule has 0 bridgehead atoms. The minimum atomic E-state index is -0.432. The molecule has 0 radical (unpaired) electrons. The Morgan fingerprint density at radius 2 is 2.20 bits per heavy atom. The summed E-state index contributed by atoms with van der Waals surface area (Å²) >= 11 is 5.90. The topological polar surface area (TPSA) is 51.2 Å². The Bertz CT molecular complexity index is 617. The van der Waals surface area contributed by atoms with Crippen molar-refractivity contribution in [3.63, 3.8) is 0 Å². The Balaban J connectivity index is 2.02. The molecular formula is C14H12ClFN2O2. The normalized spacial score (nSPS) is 10.2. The summed E-state index contributed by atoms with van der Waals surface area (Å²) in [6.07, 6.45) is 1.44. The number of aromatic nitrogens is 1. The molecule has 0 aliphatic rings. The zero-order valence-corrected chi connectivity index (χ0v) is 11.4. The molecule has 1 aromatic heterocycles. The Morgan fingerprint density at radius 3 is 2.80 bits per heavy atom. The standard InChI is InChI=1S/C14H12ClFN2O2/c1-20-14(19)9-2-4-11(17-7-9)8-18-13-5-3-10(16)6-12(13)15/h2-7,18H,8H2,1H3. The molecule has 4 nitrogen and oxygen atoms in total. The van der Waals surface area contributed by atoms with E-state index in [-0.39, 0.29) is 5.82 Å². The van der Waals surface area contributed by atoms with Crippen molar-refractivity contribution in [1.29, 1.82) is 0 Å². The molecule has 1 N–H and O–H groups in total. The number of nitrogens with zero attached hydrogens (tertiary/aromatic N) is 1. The highest BCUT2D eigenvalue weighted by atomic mass is 35.5. The van der Waals surface area contributed by atoms with Crippen LogP contribution in [0.15, 0.2) is 36.5 Å². The first-order valence-electron chi connectivity index (χ1n) is 5.82. The monoisotopic (exact) mass is 294 g/mol. The molecule has 0 aliphatic carbocycles. The highest BCUT2D eigenvalue weighted by Gasteiger charge is 2.06. The van der Waals surface area contributed by atoms with Crippen LogP contribution in [-0.4, -0.2) is 18.1 Å². The highest BCUT2D eigenvalue weighted by Crippen LogP contribution is 2.22. The van der Waals surface area contributed by atoms with E-state index in [4.69, 9.17) is 11.6 Å². The van der Waals surface area contributed by atoms with E-state index < -0.39 is 5.97 Å². The van der Waals surface area contributed by atoms with E-state index in [2.05, 4.69) is 15.0 Å². The summed E-state index contributed by atoms with van der Waals surface area (Å²) in [5.41, 5.74) is 1.72. The Hall–Kier alpha value is -2.14. The quantitative estimate of drug-likeness (QED) is 0.879. The fraction of sp³-hybridized carbons (Fsp3) is 0.143. The van der Waals surface area contributed by atoms with E-state index >= 15 is 0 Å². The maximum Gasteiger partial charge on any atom is 0.339 e. The van der Waals surface area contributed by atoms with E-state index in [1.807, 2.05) is 0 Å². The van der Waals surface area contributed by atoms with Gasteiger partial charge in [0, 0.05) is 6.20 Å². The van der Waals surface area contributed by atoms with Gasteiger partial charge in [0.05, 0.1) is 35.6 Å². The van der Waals surface area contributed by atoms with Gasteiger partial charge < -0.3 is 10.1 Å². The van der Waals surface area contributed by atoms with Gasteiger partial charge in [0.25, 0.3) is 0 Å². The van der Waals surface area contributed by atoms with Gasteiger partial charge in [-0.3, -0.25) is 4.98 Å². The smallest absolute Gasteiger partial charge is 0.339 e. The molecule has 0 fully saturated rings. The van der Waals surface area contributed by atoms with Crippen LogP contribution in [-0.2, 0) is 11.3 Å². The van der Waals surface area contributed by atoms with Crippen molar-refractivity contribution < 1.29 is 13.9 Å². The third-order valence-corrected chi connectivity index (χ3v) is 2.95. The number of benzene rings is 1. The van der Waals surface area contributed by atoms with E-state index in [1.54, 1.807) is 18.2 Å². The Labute approximate surface area is 120 Å². The average molecular weight is 295 g/mol. The maximum absolute atomic E-state index is 12.9. The number of carbonyl (C=O) groups excluding carboxylic acids is 1. The van der Waals surface area contributed by atoms with Gasteiger partial charge in [0.2, 0.25) is 0 Å². The lowest BCUT2D eigenvalue weighted by molar-refractivity contribution is 0.0600. The zero-order chi connectivity index (χ0) is 14.5. The zero-order valence-electron chi connectivity index (χ0n) is 10.7. The van der Waals surface area contributed by atoms with Crippen molar-refractivity contribution in [1.82, 2.24) is 4.98 Å². The third kappa shape index (κ3) is 3.45. The van der Waals surface area contributed by atoms with Crippen LogP contribution in [0.4, 0.5) is 10.1 Å². The molecular weight excluding hydrogens is 283 g/mol. The fourth-order valence-corrected chi connectivity index (χ4v) is 1.82. The van der Waals surface area contributed by atoms with Gasteiger partial charge >= 0.3 is 5.97 Å². The number of rotatable bonds is 4. The van der Waals surface area contributed by atoms with Crippen molar-refractivity contribution in [3.05, 3.63) is 58.6 Å². The first kappa shape index (κ1) is 14.3. The minimum Gasteiger partial charge on any atom is -0.465 e. The molecule has 0 saturated heterocycles. The number of anilines is 1. The number of ether oxygens (including phenoxy) is 1. The summed E-state index contributed by atoms with van der Waals surface area (Å²) in [4.78, 5) is 15.4. The van der Waals surface area contributed by atoms with Crippen LogP contribution in [0.5, 0.6) is 0 Å². The number of esters is 1. The largest absolute Gasteiger partial charge is 0.465 e. The van der Waals surface area contributed by atoms with Gasteiger partial charge in [0.1, 0.15) is 5.82 Å². The molecule has 0 spiro atoms. The van der Waals surface area contributed by atoms with Crippen molar-refractivity contribution in [2.45, 2.75) is 6.54 Å². The summed E-state index contributed by atoms with van der Waals surface area (Å²) in [7, 11) is 1.31. The van der Waals surface area contributed by atoms with Crippen molar-refractivity contribution in [2.75, 3.05) is 12.4 Å². The predicted molar refractivity (Wildman–Crippen MR) is 74.3 cm³/mol. The van der Waals surface area contributed by atoms with Crippen LogP contribution in [0.25, 0.3) is 0 Å². The second kappa shape index (κ2) is 6.34.